The molecule has 7 nitrogen and oxygen atoms in total. The lowest BCUT2D eigenvalue weighted by atomic mass is 10.1. The molecular weight excluding hydrogens is 298 g/mol. The number of aryl methyl sites for hydroxylation is 1. The molecule has 0 spiro atoms. The smallest absolute Gasteiger partial charge is 0.337 e. The standard InChI is InChI=1S/C16H15N3O4/c1-3-22-11-4-5-12-13(7-15(20)23-14(12)6-11)16(21)18-10-8-17-19(2)9-10/h4-9H,3H2,1-2H3,(H,18,21). The van der Waals surface area contributed by atoms with Gasteiger partial charge < -0.3 is 14.5 Å². The summed E-state index contributed by atoms with van der Waals surface area (Å²) in [6, 6.07) is 6.20. The van der Waals surface area contributed by atoms with E-state index in [4.69, 9.17) is 9.15 Å². The number of aromatic nitrogens is 2. The molecule has 0 unspecified atom stereocenters. The molecule has 118 valence electrons. The molecule has 1 aromatic carbocycles. The number of hydrogen-bond acceptors (Lipinski definition) is 5. The van der Waals surface area contributed by atoms with Crippen LogP contribution >= 0.6 is 0 Å². The maximum absolute atomic E-state index is 12.4. The normalized spacial score (nSPS) is 10.7. The van der Waals surface area contributed by atoms with E-state index >= 15 is 0 Å². The Balaban J connectivity index is 2.02. The highest BCUT2D eigenvalue weighted by Crippen LogP contribution is 2.23. The number of amides is 1. The minimum absolute atomic E-state index is 0.239. The van der Waals surface area contributed by atoms with Crippen molar-refractivity contribution < 1.29 is 13.9 Å². The molecular formula is C16H15N3O4. The lowest BCUT2D eigenvalue weighted by Crippen LogP contribution is -2.15. The fraction of sp³-hybridized carbons (Fsp3) is 0.188. The molecule has 0 radical (unpaired) electrons. The second kappa shape index (κ2) is 5.96. The second-order valence-corrected chi connectivity index (χ2v) is 4.93. The summed E-state index contributed by atoms with van der Waals surface area (Å²) >= 11 is 0. The summed E-state index contributed by atoms with van der Waals surface area (Å²) in [5.74, 6) is 0.174. The van der Waals surface area contributed by atoms with Crippen LogP contribution < -0.4 is 15.7 Å². The number of nitrogens with zero attached hydrogens (tertiary/aromatic N) is 2. The van der Waals surface area contributed by atoms with Crippen LogP contribution in [-0.2, 0) is 7.05 Å². The Morgan fingerprint density at radius 2 is 2.22 bits per heavy atom. The Morgan fingerprint density at radius 1 is 1.39 bits per heavy atom. The number of ether oxygens (including phenoxy) is 1. The van der Waals surface area contributed by atoms with E-state index in [0.29, 0.717) is 29.0 Å². The van der Waals surface area contributed by atoms with Crippen LogP contribution in [0.25, 0.3) is 11.0 Å². The molecule has 0 bridgehead atoms. The predicted octanol–water partition coefficient (Wildman–Crippen LogP) is 2.18. The SMILES string of the molecule is CCOc1ccc2c(C(=O)Nc3cnn(C)c3)cc(=O)oc2c1. The molecule has 3 aromatic rings. The number of carbonyl (C=O) groups is 1. The van der Waals surface area contributed by atoms with E-state index in [2.05, 4.69) is 10.4 Å². The zero-order valence-corrected chi connectivity index (χ0v) is 12.7. The van der Waals surface area contributed by atoms with E-state index in [0.717, 1.165) is 0 Å². The minimum atomic E-state index is -0.595. The van der Waals surface area contributed by atoms with Crippen LogP contribution in [0.4, 0.5) is 5.69 Å². The van der Waals surface area contributed by atoms with Crippen molar-refractivity contribution in [1.82, 2.24) is 9.78 Å². The first-order valence-electron chi connectivity index (χ1n) is 7.07. The third-order valence-corrected chi connectivity index (χ3v) is 3.23. The van der Waals surface area contributed by atoms with Gasteiger partial charge in [0.1, 0.15) is 11.3 Å². The summed E-state index contributed by atoms with van der Waals surface area (Å²) < 4.78 is 12.1. The Kier molecular flexibility index (Phi) is 3.84. The van der Waals surface area contributed by atoms with Crippen LogP contribution in [0.5, 0.6) is 5.75 Å². The van der Waals surface area contributed by atoms with E-state index in [1.807, 2.05) is 6.92 Å². The minimum Gasteiger partial charge on any atom is -0.494 e. The van der Waals surface area contributed by atoms with E-state index in [1.54, 1.807) is 36.1 Å². The molecule has 0 fully saturated rings. The van der Waals surface area contributed by atoms with Gasteiger partial charge in [-0.25, -0.2) is 4.79 Å². The van der Waals surface area contributed by atoms with Crippen molar-refractivity contribution in [3.63, 3.8) is 0 Å². The summed E-state index contributed by atoms with van der Waals surface area (Å²) in [5, 5.41) is 7.22. The van der Waals surface area contributed by atoms with Crippen molar-refractivity contribution in [2.24, 2.45) is 7.05 Å². The van der Waals surface area contributed by atoms with Crippen LogP contribution in [0.3, 0.4) is 0 Å². The third kappa shape index (κ3) is 3.08. The van der Waals surface area contributed by atoms with Gasteiger partial charge in [0.25, 0.3) is 5.91 Å². The van der Waals surface area contributed by atoms with E-state index in [1.165, 1.54) is 12.3 Å². The fourth-order valence-electron chi connectivity index (χ4n) is 2.27. The predicted molar refractivity (Wildman–Crippen MR) is 84.8 cm³/mol. The summed E-state index contributed by atoms with van der Waals surface area (Å²) in [4.78, 5) is 24.2. The first-order valence-corrected chi connectivity index (χ1v) is 7.07. The summed E-state index contributed by atoms with van der Waals surface area (Å²) in [5.41, 5.74) is 0.496. The molecule has 0 aliphatic rings. The van der Waals surface area contributed by atoms with Gasteiger partial charge in [-0.05, 0) is 19.1 Å². The Hall–Kier alpha value is -3.09. The van der Waals surface area contributed by atoms with Crippen LogP contribution in [0.1, 0.15) is 17.3 Å². The number of fused-ring (bicyclic) bond motifs is 1. The number of nitrogens with one attached hydrogen (secondary N) is 1. The molecule has 0 saturated carbocycles. The van der Waals surface area contributed by atoms with Gasteiger partial charge in [0.2, 0.25) is 0 Å². The van der Waals surface area contributed by atoms with Gasteiger partial charge in [0.05, 0.1) is 24.1 Å². The topological polar surface area (TPSA) is 86.4 Å². The molecule has 7 heteroatoms. The van der Waals surface area contributed by atoms with E-state index in [-0.39, 0.29) is 5.56 Å². The van der Waals surface area contributed by atoms with Crippen molar-refractivity contribution in [2.75, 3.05) is 11.9 Å². The maximum Gasteiger partial charge on any atom is 0.337 e. The van der Waals surface area contributed by atoms with Crippen molar-refractivity contribution in [2.45, 2.75) is 6.92 Å². The molecule has 0 aliphatic heterocycles. The van der Waals surface area contributed by atoms with Gasteiger partial charge in [-0.2, -0.15) is 5.10 Å². The van der Waals surface area contributed by atoms with E-state index in [9.17, 15) is 9.59 Å². The third-order valence-electron chi connectivity index (χ3n) is 3.23. The van der Waals surface area contributed by atoms with Crippen LogP contribution in [0.15, 0.2) is 45.9 Å². The Bertz CT molecular complexity index is 926. The molecule has 2 heterocycles. The molecule has 3 rings (SSSR count). The van der Waals surface area contributed by atoms with Crippen LogP contribution in [-0.4, -0.2) is 22.3 Å². The van der Waals surface area contributed by atoms with Crippen molar-refractivity contribution in [3.05, 3.63) is 52.6 Å². The zero-order valence-electron chi connectivity index (χ0n) is 12.7. The fourth-order valence-corrected chi connectivity index (χ4v) is 2.27. The first kappa shape index (κ1) is 14.8. The maximum atomic E-state index is 12.4. The highest BCUT2D eigenvalue weighted by atomic mass is 16.5. The molecule has 0 aliphatic carbocycles. The molecule has 0 atom stereocenters. The highest BCUT2D eigenvalue weighted by molar-refractivity contribution is 6.11. The molecule has 23 heavy (non-hydrogen) atoms. The molecule has 1 amide bonds. The second-order valence-electron chi connectivity index (χ2n) is 4.93. The van der Waals surface area contributed by atoms with Gasteiger partial charge in [0, 0.05) is 30.8 Å². The van der Waals surface area contributed by atoms with Gasteiger partial charge in [-0.15, -0.1) is 0 Å². The van der Waals surface area contributed by atoms with Crippen molar-refractivity contribution in [1.29, 1.82) is 0 Å². The van der Waals surface area contributed by atoms with Gasteiger partial charge in [0.15, 0.2) is 0 Å². The van der Waals surface area contributed by atoms with Gasteiger partial charge in [-0.3, -0.25) is 9.48 Å². The first-order chi connectivity index (χ1) is 11.1. The summed E-state index contributed by atoms with van der Waals surface area (Å²) in [6.07, 6.45) is 3.19. The average Bonchev–Trinajstić information content (AvgIpc) is 2.91. The molecule has 2 aromatic heterocycles. The molecule has 0 saturated heterocycles. The Labute approximate surface area is 131 Å². The summed E-state index contributed by atoms with van der Waals surface area (Å²) in [7, 11) is 1.75. The monoisotopic (exact) mass is 313 g/mol. The van der Waals surface area contributed by atoms with Gasteiger partial charge >= 0.3 is 5.63 Å². The Morgan fingerprint density at radius 3 is 2.91 bits per heavy atom. The lowest BCUT2D eigenvalue weighted by molar-refractivity contribution is 0.102. The lowest BCUT2D eigenvalue weighted by Gasteiger charge is -2.07. The largest absolute Gasteiger partial charge is 0.494 e. The number of benzene rings is 1. The van der Waals surface area contributed by atoms with Crippen molar-refractivity contribution in [3.8, 4) is 5.75 Å². The number of hydrogen-bond donors (Lipinski definition) is 1. The average molecular weight is 313 g/mol. The van der Waals surface area contributed by atoms with Crippen LogP contribution in [0, 0.1) is 0 Å². The molecule has 1 N–H and O–H groups in total. The van der Waals surface area contributed by atoms with E-state index < -0.39 is 11.5 Å². The zero-order chi connectivity index (χ0) is 16.4. The number of rotatable bonds is 4. The highest BCUT2D eigenvalue weighted by Gasteiger charge is 2.14. The summed E-state index contributed by atoms with van der Waals surface area (Å²) in [6.45, 7) is 2.36. The van der Waals surface area contributed by atoms with Gasteiger partial charge in [-0.1, -0.05) is 0 Å². The quantitative estimate of drug-likeness (QED) is 0.746. The van der Waals surface area contributed by atoms with Crippen molar-refractivity contribution >= 4 is 22.6 Å². The number of anilines is 1. The van der Waals surface area contributed by atoms with Crippen LogP contribution in [0.2, 0.25) is 0 Å². The number of carbonyl (C=O) groups excluding carboxylic acids is 1.